The Morgan fingerprint density at radius 2 is 1.95 bits per heavy atom. The molecular formula is C14H26N2O2S. The lowest BCUT2D eigenvalue weighted by Crippen LogP contribution is -2.65. The average molecular weight is 286 g/mol. The molecule has 3 atom stereocenters. The van der Waals surface area contributed by atoms with Crippen molar-refractivity contribution >= 4 is 23.6 Å². The second kappa shape index (κ2) is 7.17. The van der Waals surface area contributed by atoms with Gasteiger partial charge in [-0.2, -0.15) is 11.8 Å². The molecule has 1 heterocycles. The van der Waals surface area contributed by atoms with Crippen LogP contribution in [0.1, 0.15) is 40.5 Å². The molecular weight excluding hydrogens is 260 g/mol. The van der Waals surface area contributed by atoms with E-state index in [-0.39, 0.29) is 29.8 Å². The lowest BCUT2D eigenvalue weighted by molar-refractivity contribution is -0.151. The third kappa shape index (κ3) is 3.88. The predicted molar refractivity (Wildman–Crippen MR) is 80.2 cm³/mol. The van der Waals surface area contributed by atoms with Gasteiger partial charge in [-0.15, -0.1) is 0 Å². The minimum Gasteiger partial charge on any atom is -0.342 e. The highest BCUT2D eigenvalue weighted by atomic mass is 32.2. The van der Waals surface area contributed by atoms with Crippen LogP contribution in [0.25, 0.3) is 0 Å². The monoisotopic (exact) mass is 286 g/mol. The molecule has 0 aromatic carbocycles. The Hall–Kier alpha value is -0.710. The third-order valence-electron chi connectivity index (χ3n) is 3.57. The van der Waals surface area contributed by atoms with Gasteiger partial charge in [0, 0.05) is 11.8 Å². The largest absolute Gasteiger partial charge is 0.342 e. The number of nitrogens with zero attached hydrogens (tertiary/aromatic N) is 1. The highest BCUT2D eigenvalue weighted by molar-refractivity contribution is 7.99. The van der Waals surface area contributed by atoms with Gasteiger partial charge in [-0.25, -0.2) is 0 Å². The van der Waals surface area contributed by atoms with E-state index in [1.54, 1.807) is 16.7 Å². The maximum Gasteiger partial charge on any atom is 0.245 e. The van der Waals surface area contributed by atoms with Crippen LogP contribution in [-0.4, -0.2) is 46.8 Å². The van der Waals surface area contributed by atoms with Crippen LogP contribution in [0.2, 0.25) is 0 Å². The van der Waals surface area contributed by atoms with E-state index in [1.807, 2.05) is 27.0 Å². The number of hydrogen-bond acceptors (Lipinski definition) is 3. The first-order valence-corrected chi connectivity index (χ1v) is 8.34. The van der Waals surface area contributed by atoms with E-state index in [2.05, 4.69) is 12.2 Å². The number of thioether (sulfide) groups is 1. The molecule has 1 fully saturated rings. The molecule has 0 spiro atoms. The van der Waals surface area contributed by atoms with Crippen molar-refractivity contribution in [3.05, 3.63) is 0 Å². The summed E-state index contributed by atoms with van der Waals surface area (Å²) in [5, 5.41) is 3.23. The molecule has 1 saturated heterocycles. The van der Waals surface area contributed by atoms with E-state index in [1.165, 1.54) is 0 Å². The van der Waals surface area contributed by atoms with Gasteiger partial charge in [-0.1, -0.05) is 34.1 Å². The van der Waals surface area contributed by atoms with Crippen LogP contribution in [0, 0.1) is 5.92 Å². The van der Waals surface area contributed by atoms with Gasteiger partial charge in [0.1, 0.15) is 12.1 Å². The second-order valence-electron chi connectivity index (χ2n) is 5.58. The molecule has 5 heteroatoms. The Morgan fingerprint density at radius 3 is 2.42 bits per heavy atom. The number of piperazine rings is 1. The molecule has 0 bridgehead atoms. The lowest BCUT2D eigenvalue weighted by Gasteiger charge is -2.41. The van der Waals surface area contributed by atoms with Crippen molar-refractivity contribution in [2.24, 2.45) is 5.92 Å². The Labute approximate surface area is 120 Å². The fourth-order valence-electron chi connectivity index (χ4n) is 2.50. The van der Waals surface area contributed by atoms with Crippen molar-refractivity contribution < 1.29 is 9.59 Å². The lowest BCUT2D eigenvalue weighted by atomic mass is 9.95. The van der Waals surface area contributed by atoms with Crippen molar-refractivity contribution in [2.75, 3.05) is 12.8 Å². The van der Waals surface area contributed by atoms with Crippen molar-refractivity contribution in [3.8, 4) is 0 Å². The maximum absolute atomic E-state index is 12.5. The Morgan fingerprint density at radius 1 is 1.32 bits per heavy atom. The predicted octanol–water partition coefficient (Wildman–Crippen LogP) is 1.89. The summed E-state index contributed by atoms with van der Waals surface area (Å²) in [4.78, 5) is 26.6. The van der Waals surface area contributed by atoms with Crippen LogP contribution in [0.5, 0.6) is 0 Å². The average Bonchev–Trinajstić information content (AvgIpc) is 2.34. The Bertz CT molecular complexity index is 333. The normalized spacial score (nSPS) is 25.7. The van der Waals surface area contributed by atoms with Crippen molar-refractivity contribution in [1.82, 2.24) is 10.2 Å². The van der Waals surface area contributed by atoms with Crippen molar-refractivity contribution in [2.45, 2.75) is 57.9 Å². The van der Waals surface area contributed by atoms with Crippen LogP contribution in [0.3, 0.4) is 0 Å². The van der Waals surface area contributed by atoms with Gasteiger partial charge in [0.05, 0.1) is 0 Å². The van der Waals surface area contributed by atoms with Crippen LogP contribution < -0.4 is 5.32 Å². The highest BCUT2D eigenvalue weighted by Crippen LogP contribution is 2.21. The molecule has 3 unspecified atom stereocenters. The van der Waals surface area contributed by atoms with E-state index in [0.29, 0.717) is 11.8 Å². The number of carbonyl (C=O) groups excluding carboxylic acids is 2. The molecule has 0 saturated carbocycles. The van der Waals surface area contributed by atoms with Crippen LogP contribution >= 0.6 is 11.8 Å². The summed E-state index contributed by atoms with van der Waals surface area (Å²) in [5.74, 6) is 0.225. The van der Waals surface area contributed by atoms with Gasteiger partial charge in [-0.05, 0) is 18.6 Å². The molecule has 0 aromatic heterocycles. The topological polar surface area (TPSA) is 49.4 Å². The van der Waals surface area contributed by atoms with Gasteiger partial charge in [0.15, 0.2) is 0 Å². The molecule has 1 rings (SSSR count). The molecule has 0 radical (unpaired) electrons. The summed E-state index contributed by atoms with van der Waals surface area (Å²) >= 11 is 1.72. The van der Waals surface area contributed by atoms with Crippen LogP contribution in [0.15, 0.2) is 0 Å². The molecule has 1 aliphatic heterocycles. The van der Waals surface area contributed by atoms with Crippen molar-refractivity contribution in [1.29, 1.82) is 0 Å². The minimum absolute atomic E-state index is 0.00125. The maximum atomic E-state index is 12.5. The van der Waals surface area contributed by atoms with Gasteiger partial charge >= 0.3 is 0 Å². The Balaban J connectivity index is 2.93. The number of amides is 2. The summed E-state index contributed by atoms with van der Waals surface area (Å²) in [7, 11) is 0. The number of hydrogen-bond donors (Lipinski definition) is 1. The fraction of sp³-hybridized carbons (Fsp3) is 0.857. The third-order valence-corrected chi connectivity index (χ3v) is 4.52. The van der Waals surface area contributed by atoms with E-state index in [0.717, 1.165) is 12.8 Å². The zero-order valence-corrected chi connectivity index (χ0v) is 13.4. The smallest absolute Gasteiger partial charge is 0.245 e. The zero-order chi connectivity index (χ0) is 14.6. The van der Waals surface area contributed by atoms with E-state index in [9.17, 15) is 9.59 Å². The summed E-state index contributed by atoms with van der Waals surface area (Å²) in [6.07, 6.45) is 3.65. The first-order valence-electron chi connectivity index (χ1n) is 7.06. The minimum atomic E-state index is -0.332. The summed E-state index contributed by atoms with van der Waals surface area (Å²) in [6, 6.07) is -0.656. The highest BCUT2D eigenvalue weighted by Gasteiger charge is 2.41. The second-order valence-corrected chi connectivity index (χ2v) is 6.85. The zero-order valence-electron chi connectivity index (χ0n) is 12.6. The Kier molecular flexibility index (Phi) is 6.17. The van der Waals surface area contributed by atoms with Gasteiger partial charge < -0.3 is 10.2 Å². The van der Waals surface area contributed by atoms with Gasteiger partial charge in [0.2, 0.25) is 11.8 Å². The molecule has 4 nitrogen and oxygen atoms in total. The van der Waals surface area contributed by atoms with Gasteiger partial charge in [-0.3, -0.25) is 9.59 Å². The van der Waals surface area contributed by atoms with E-state index >= 15 is 0 Å². The standard InChI is InChI=1S/C14H26N2O2S/c1-6-7-11-14(18)16(8-10(4)19-5)12(9(2)3)13(17)15-11/h9-12H,6-8H2,1-5H3,(H,15,17). The van der Waals surface area contributed by atoms with E-state index < -0.39 is 0 Å². The summed E-state index contributed by atoms with van der Waals surface area (Å²) < 4.78 is 0. The van der Waals surface area contributed by atoms with Crippen molar-refractivity contribution in [3.63, 3.8) is 0 Å². The molecule has 19 heavy (non-hydrogen) atoms. The van der Waals surface area contributed by atoms with Gasteiger partial charge in [0.25, 0.3) is 0 Å². The summed E-state index contributed by atoms with van der Waals surface area (Å²) in [5.41, 5.74) is 0. The fourth-order valence-corrected chi connectivity index (χ4v) is 2.81. The number of rotatable bonds is 6. The molecule has 2 amide bonds. The van der Waals surface area contributed by atoms with Crippen LogP contribution in [-0.2, 0) is 9.59 Å². The number of nitrogens with one attached hydrogen (secondary N) is 1. The molecule has 0 aromatic rings. The molecule has 0 aliphatic carbocycles. The molecule has 110 valence electrons. The first kappa shape index (κ1) is 16.3. The van der Waals surface area contributed by atoms with Crippen LogP contribution in [0.4, 0.5) is 0 Å². The SMILES string of the molecule is CCCC1NC(=O)C(C(C)C)N(CC(C)SC)C1=O. The molecule has 1 aliphatic rings. The quantitative estimate of drug-likeness (QED) is 0.811. The summed E-state index contributed by atoms with van der Waals surface area (Å²) in [6.45, 7) is 8.76. The van der Waals surface area contributed by atoms with E-state index in [4.69, 9.17) is 0 Å². The molecule has 1 N–H and O–H groups in total. The first-order chi connectivity index (χ1) is 8.92. The number of carbonyl (C=O) groups is 2.